The molecule has 0 spiro atoms. The number of rotatable bonds is 4. The highest BCUT2D eigenvalue weighted by Gasteiger charge is 2.22. The van der Waals surface area contributed by atoms with Crippen LogP contribution in [0.1, 0.15) is 23.3 Å². The van der Waals surface area contributed by atoms with Crippen LogP contribution in [0.4, 0.5) is 17.3 Å². The van der Waals surface area contributed by atoms with Crippen LogP contribution >= 0.6 is 11.6 Å². The van der Waals surface area contributed by atoms with Gasteiger partial charge in [0.25, 0.3) is 5.91 Å². The molecule has 172 valence electrons. The third-order valence-electron chi connectivity index (χ3n) is 5.88. The number of halogens is 1. The van der Waals surface area contributed by atoms with Crippen molar-refractivity contribution in [1.29, 1.82) is 0 Å². The molecule has 0 unspecified atom stereocenters. The number of carbonyl (C=O) groups excluding carboxylic acids is 1. The Labute approximate surface area is 201 Å². The van der Waals surface area contributed by atoms with Gasteiger partial charge in [0.05, 0.1) is 17.6 Å². The lowest BCUT2D eigenvalue weighted by molar-refractivity contribution is 0.102. The fraction of sp³-hybridized carbons (Fsp3) is 0.208. The second-order valence-electron chi connectivity index (χ2n) is 8.16. The lowest BCUT2D eigenvalue weighted by Gasteiger charge is -2.32. The first kappa shape index (κ1) is 22.0. The number of piperidine rings is 1. The van der Waals surface area contributed by atoms with Crippen molar-refractivity contribution in [2.75, 3.05) is 29.0 Å². The SMILES string of the molecule is Nc1ncc(-c2nccc3cc(Cl)ccc23)nc1C(=O)Nc1ncccc1N1CCC(N)CC1. The van der Waals surface area contributed by atoms with E-state index in [1.165, 1.54) is 6.20 Å². The molecule has 1 aromatic carbocycles. The number of hydrogen-bond donors (Lipinski definition) is 3. The number of nitrogen functional groups attached to an aromatic ring is 1. The standard InChI is InChI=1S/C24H23ClN8O/c25-15-3-4-17-14(12-15)5-9-28-20(17)18-13-30-22(27)21(31-18)24(34)32-23-19(2-1-8-29-23)33-10-6-16(26)7-11-33/h1-5,8-9,12-13,16H,6-7,10-11,26H2,(H2,27,30)(H,29,32,34). The van der Waals surface area contributed by atoms with Crippen molar-refractivity contribution < 1.29 is 4.79 Å². The predicted molar refractivity (Wildman–Crippen MR) is 134 cm³/mol. The molecule has 1 saturated heterocycles. The zero-order valence-electron chi connectivity index (χ0n) is 18.3. The van der Waals surface area contributed by atoms with Crippen molar-refractivity contribution in [1.82, 2.24) is 19.9 Å². The Hall–Kier alpha value is -3.82. The van der Waals surface area contributed by atoms with Gasteiger partial charge in [0, 0.05) is 41.9 Å². The summed E-state index contributed by atoms with van der Waals surface area (Å²) in [6, 6.07) is 11.3. The second kappa shape index (κ2) is 9.20. The molecule has 1 aliphatic heterocycles. The molecule has 1 amide bonds. The van der Waals surface area contributed by atoms with Crippen LogP contribution in [-0.2, 0) is 0 Å². The van der Waals surface area contributed by atoms with Gasteiger partial charge < -0.3 is 21.7 Å². The van der Waals surface area contributed by atoms with Gasteiger partial charge in [-0.25, -0.2) is 15.0 Å². The smallest absolute Gasteiger partial charge is 0.279 e. The van der Waals surface area contributed by atoms with Crippen LogP contribution in [0.5, 0.6) is 0 Å². The zero-order valence-corrected chi connectivity index (χ0v) is 19.0. The van der Waals surface area contributed by atoms with E-state index >= 15 is 0 Å². The minimum atomic E-state index is -0.496. The van der Waals surface area contributed by atoms with E-state index in [1.807, 2.05) is 30.3 Å². The molecule has 1 aliphatic rings. The summed E-state index contributed by atoms with van der Waals surface area (Å²) in [4.78, 5) is 32.9. The Morgan fingerprint density at radius 1 is 1.09 bits per heavy atom. The van der Waals surface area contributed by atoms with Gasteiger partial charge in [0.15, 0.2) is 17.3 Å². The van der Waals surface area contributed by atoms with Crippen molar-refractivity contribution in [2.24, 2.45) is 5.73 Å². The number of benzene rings is 1. The molecule has 0 bridgehead atoms. The van der Waals surface area contributed by atoms with E-state index < -0.39 is 5.91 Å². The van der Waals surface area contributed by atoms with E-state index in [2.05, 4.69) is 30.2 Å². The molecule has 0 saturated carbocycles. The third-order valence-corrected chi connectivity index (χ3v) is 6.12. The van der Waals surface area contributed by atoms with Crippen LogP contribution < -0.4 is 21.7 Å². The van der Waals surface area contributed by atoms with Crippen molar-refractivity contribution >= 4 is 45.6 Å². The van der Waals surface area contributed by atoms with E-state index in [-0.39, 0.29) is 17.6 Å². The second-order valence-corrected chi connectivity index (χ2v) is 8.60. The molecule has 1 fully saturated rings. The maximum absolute atomic E-state index is 13.2. The maximum atomic E-state index is 13.2. The quantitative estimate of drug-likeness (QED) is 0.408. The van der Waals surface area contributed by atoms with Crippen LogP contribution in [0.25, 0.3) is 22.2 Å². The third kappa shape index (κ3) is 4.35. The van der Waals surface area contributed by atoms with Crippen molar-refractivity contribution in [3.63, 3.8) is 0 Å². The molecule has 0 atom stereocenters. The van der Waals surface area contributed by atoms with Gasteiger partial charge in [-0.3, -0.25) is 9.78 Å². The molecule has 34 heavy (non-hydrogen) atoms. The molecule has 3 aromatic heterocycles. The average molecular weight is 475 g/mol. The molecule has 5 rings (SSSR count). The number of pyridine rings is 2. The molecule has 10 heteroatoms. The Bertz CT molecular complexity index is 1370. The summed E-state index contributed by atoms with van der Waals surface area (Å²) in [6.45, 7) is 1.59. The molecule has 0 aliphatic carbocycles. The number of fused-ring (bicyclic) bond motifs is 1. The van der Waals surface area contributed by atoms with Gasteiger partial charge in [0.2, 0.25) is 0 Å². The minimum Gasteiger partial charge on any atom is -0.382 e. The Balaban J connectivity index is 1.46. The Kier molecular flexibility index (Phi) is 5.95. The summed E-state index contributed by atoms with van der Waals surface area (Å²) in [6.07, 6.45) is 6.56. The topological polar surface area (TPSA) is 136 Å². The van der Waals surface area contributed by atoms with E-state index in [9.17, 15) is 4.79 Å². The van der Waals surface area contributed by atoms with Crippen LogP contribution in [0.3, 0.4) is 0 Å². The Morgan fingerprint density at radius 2 is 1.91 bits per heavy atom. The van der Waals surface area contributed by atoms with Crippen LogP contribution in [0, 0.1) is 0 Å². The lowest BCUT2D eigenvalue weighted by atomic mass is 10.1. The molecule has 9 nitrogen and oxygen atoms in total. The number of amides is 1. The van der Waals surface area contributed by atoms with Crippen molar-refractivity contribution in [3.05, 3.63) is 65.7 Å². The van der Waals surface area contributed by atoms with Gasteiger partial charge in [-0.05, 0) is 48.6 Å². The minimum absolute atomic E-state index is 0.00235. The molecule has 4 aromatic rings. The van der Waals surface area contributed by atoms with Crippen LogP contribution in [0.2, 0.25) is 5.02 Å². The number of aromatic nitrogens is 4. The fourth-order valence-corrected chi connectivity index (χ4v) is 4.27. The average Bonchev–Trinajstić information content (AvgIpc) is 2.85. The summed E-state index contributed by atoms with van der Waals surface area (Å²) in [5.74, 6) is -0.0396. The number of anilines is 3. The van der Waals surface area contributed by atoms with E-state index in [0.717, 1.165) is 42.4 Å². The first-order chi connectivity index (χ1) is 16.5. The molecular weight excluding hydrogens is 452 g/mol. The highest BCUT2D eigenvalue weighted by atomic mass is 35.5. The fourth-order valence-electron chi connectivity index (χ4n) is 4.09. The van der Waals surface area contributed by atoms with Gasteiger partial charge in [-0.1, -0.05) is 17.7 Å². The molecule has 4 heterocycles. The molecular formula is C24H23ClN8O. The highest BCUT2D eigenvalue weighted by Crippen LogP contribution is 2.29. The number of carbonyl (C=O) groups is 1. The predicted octanol–water partition coefficient (Wildman–Crippen LogP) is 3.50. The summed E-state index contributed by atoms with van der Waals surface area (Å²) in [5.41, 5.74) is 13.9. The molecule has 5 N–H and O–H groups in total. The number of hydrogen-bond acceptors (Lipinski definition) is 8. The number of nitrogens with zero attached hydrogens (tertiary/aromatic N) is 5. The monoisotopic (exact) mass is 474 g/mol. The summed E-state index contributed by atoms with van der Waals surface area (Å²) >= 11 is 6.12. The normalized spacial score (nSPS) is 14.4. The molecule has 0 radical (unpaired) electrons. The maximum Gasteiger partial charge on any atom is 0.279 e. The Morgan fingerprint density at radius 3 is 2.74 bits per heavy atom. The van der Waals surface area contributed by atoms with E-state index in [4.69, 9.17) is 23.1 Å². The number of nitrogens with one attached hydrogen (secondary N) is 1. The van der Waals surface area contributed by atoms with Crippen LogP contribution in [0.15, 0.2) is 55.0 Å². The van der Waals surface area contributed by atoms with Gasteiger partial charge >= 0.3 is 0 Å². The van der Waals surface area contributed by atoms with Crippen molar-refractivity contribution in [3.8, 4) is 11.4 Å². The van der Waals surface area contributed by atoms with Crippen molar-refractivity contribution in [2.45, 2.75) is 18.9 Å². The largest absolute Gasteiger partial charge is 0.382 e. The highest BCUT2D eigenvalue weighted by molar-refractivity contribution is 6.31. The van der Waals surface area contributed by atoms with Gasteiger partial charge in [-0.2, -0.15) is 0 Å². The number of nitrogens with two attached hydrogens (primary N) is 2. The van der Waals surface area contributed by atoms with Crippen LogP contribution in [-0.4, -0.2) is 45.0 Å². The summed E-state index contributed by atoms with van der Waals surface area (Å²) < 4.78 is 0. The summed E-state index contributed by atoms with van der Waals surface area (Å²) in [5, 5.41) is 5.22. The zero-order chi connectivity index (χ0) is 23.7. The first-order valence-corrected chi connectivity index (χ1v) is 11.3. The van der Waals surface area contributed by atoms with E-state index in [1.54, 1.807) is 18.5 Å². The summed E-state index contributed by atoms with van der Waals surface area (Å²) in [7, 11) is 0. The van der Waals surface area contributed by atoms with Gasteiger partial charge in [0.1, 0.15) is 5.69 Å². The first-order valence-electron chi connectivity index (χ1n) is 10.9. The lowest BCUT2D eigenvalue weighted by Crippen LogP contribution is -2.40. The van der Waals surface area contributed by atoms with Gasteiger partial charge in [-0.15, -0.1) is 0 Å². The van der Waals surface area contributed by atoms with E-state index in [0.29, 0.717) is 22.2 Å².